The van der Waals surface area contributed by atoms with Crippen LogP contribution in [0.1, 0.15) is 23.7 Å². The van der Waals surface area contributed by atoms with Crippen LogP contribution in [0.25, 0.3) is 0 Å². The molecule has 0 bridgehead atoms. The molecule has 0 radical (unpaired) electrons. The predicted molar refractivity (Wildman–Crippen MR) is 102 cm³/mol. The molecule has 0 aromatic heterocycles. The molecule has 25 heavy (non-hydrogen) atoms. The number of ketones is 1. The van der Waals surface area contributed by atoms with Gasteiger partial charge in [0, 0.05) is 31.7 Å². The summed E-state index contributed by atoms with van der Waals surface area (Å²) in [4.78, 5) is 17.5. The number of rotatable bonds is 6. The Hall–Kier alpha value is -2.33. The van der Waals surface area contributed by atoms with E-state index < -0.39 is 0 Å². The summed E-state index contributed by atoms with van der Waals surface area (Å²) >= 11 is 0. The molecule has 132 valence electrons. The van der Waals surface area contributed by atoms with Gasteiger partial charge in [0.05, 0.1) is 18.8 Å². The van der Waals surface area contributed by atoms with E-state index in [1.54, 1.807) is 7.11 Å². The van der Waals surface area contributed by atoms with Crippen molar-refractivity contribution in [1.29, 1.82) is 0 Å². The smallest absolute Gasteiger partial charge is 0.179 e. The molecule has 1 aliphatic heterocycles. The normalized spacial score (nSPS) is 16.5. The summed E-state index contributed by atoms with van der Waals surface area (Å²) in [6.07, 6.45) is 0.836. The Morgan fingerprint density at radius 1 is 1.00 bits per heavy atom. The van der Waals surface area contributed by atoms with Gasteiger partial charge in [0.1, 0.15) is 5.75 Å². The molecule has 1 unspecified atom stereocenters. The minimum Gasteiger partial charge on any atom is -0.495 e. The van der Waals surface area contributed by atoms with E-state index in [0.29, 0.717) is 0 Å². The number of hydrogen-bond acceptors (Lipinski definition) is 4. The molecule has 1 atom stereocenters. The van der Waals surface area contributed by atoms with E-state index in [1.807, 2.05) is 48.5 Å². The number of carbonyl (C=O) groups excluding carboxylic acids is 1. The Balaban J connectivity index is 1.67. The van der Waals surface area contributed by atoms with Crippen molar-refractivity contribution in [2.45, 2.75) is 19.4 Å². The lowest BCUT2D eigenvalue weighted by atomic mass is 10.00. The molecular weight excluding hydrogens is 312 g/mol. The first-order valence-corrected chi connectivity index (χ1v) is 8.96. The standard InChI is InChI=1S/C21H26N2O2/c1-3-18(21(24)17-9-5-4-6-10-17)22-13-15-23(16-14-22)19-11-7-8-12-20(19)25-2/h4-12,18H,3,13-16H2,1-2H3. The summed E-state index contributed by atoms with van der Waals surface area (Å²) in [6, 6.07) is 17.7. The molecule has 0 aliphatic carbocycles. The predicted octanol–water partition coefficient (Wildman–Crippen LogP) is 3.48. The zero-order valence-electron chi connectivity index (χ0n) is 15.0. The molecule has 1 fully saturated rings. The maximum absolute atomic E-state index is 12.9. The van der Waals surface area contributed by atoms with Crippen LogP contribution >= 0.6 is 0 Å². The number of anilines is 1. The van der Waals surface area contributed by atoms with E-state index in [1.165, 1.54) is 0 Å². The second kappa shape index (κ2) is 8.17. The van der Waals surface area contributed by atoms with Gasteiger partial charge in [0.15, 0.2) is 5.78 Å². The maximum Gasteiger partial charge on any atom is 0.179 e. The van der Waals surface area contributed by atoms with Gasteiger partial charge in [-0.1, -0.05) is 49.4 Å². The number of benzene rings is 2. The Bertz CT molecular complexity index is 694. The van der Waals surface area contributed by atoms with Gasteiger partial charge in [-0.25, -0.2) is 0 Å². The Kier molecular flexibility index (Phi) is 5.71. The number of carbonyl (C=O) groups is 1. The summed E-state index contributed by atoms with van der Waals surface area (Å²) < 4.78 is 5.48. The van der Waals surface area contributed by atoms with Crippen LogP contribution in [0.2, 0.25) is 0 Å². The van der Waals surface area contributed by atoms with Crippen molar-refractivity contribution in [3.63, 3.8) is 0 Å². The van der Waals surface area contributed by atoms with Crippen LogP contribution in [0.5, 0.6) is 5.75 Å². The number of Topliss-reactive ketones (excluding diaryl/α,β-unsaturated/α-hetero) is 1. The SMILES string of the molecule is CCC(C(=O)c1ccccc1)N1CCN(c2ccccc2OC)CC1. The molecule has 1 saturated heterocycles. The van der Waals surface area contributed by atoms with Crippen molar-refractivity contribution in [3.05, 3.63) is 60.2 Å². The zero-order chi connectivity index (χ0) is 17.6. The molecule has 1 heterocycles. The van der Waals surface area contributed by atoms with Gasteiger partial charge in [-0.05, 0) is 18.6 Å². The van der Waals surface area contributed by atoms with Crippen molar-refractivity contribution in [2.75, 3.05) is 38.2 Å². The first-order valence-electron chi connectivity index (χ1n) is 8.96. The first kappa shape index (κ1) is 17.5. The lowest BCUT2D eigenvalue weighted by Gasteiger charge is -2.39. The maximum atomic E-state index is 12.9. The van der Waals surface area contributed by atoms with Gasteiger partial charge < -0.3 is 9.64 Å². The van der Waals surface area contributed by atoms with Gasteiger partial charge in [-0.15, -0.1) is 0 Å². The number of nitrogens with zero attached hydrogens (tertiary/aromatic N) is 2. The van der Waals surface area contributed by atoms with Crippen LogP contribution in [-0.2, 0) is 0 Å². The molecule has 2 aromatic carbocycles. The molecular formula is C21H26N2O2. The van der Waals surface area contributed by atoms with Crippen molar-refractivity contribution < 1.29 is 9.53 Å². The van der Waals surface area contributed by atoms with E-state index in [4.69, 9.17) is 4.74 Å². The van der Waals surface area contributed by atoms with Gasteiger partial charge >= 0.3 is 0 Å². The Morgan fingerprint density at radius 3 is 2.28 bits per heavy atom. The second-order valence-electron chi connectivity index (χ2n) is 6.35. The quantitative estimate of drug-likeness (QED) is 0.755. The largest absolute Gasteiger partial charge is 0.495 e. The molecule has 3 rings (SSSR count). The topological polar surface area (TPSA) is 32.8 Å². The third kappa shape index (κ3) is 3.85. The second-order valence-corrected chi connectivity index (χ2v) is 6.35. The lowest BCUT2D eigenvalue weighted by molar-refractivity contribution is 0.0801. The molecule has 1 aliphatic rings. The highest BCUT2D eigenvalue weighted by Crippen LogP contribution is 2.29. The van der Waals surface area contributed by atoms with Crippen molar-refractivity contribution in [2.24, 2.45) is 0 Å². The van der Waals surface area contributed by atoms with Crippen LogP contribution < -0.4 is 9.64 Å². The van der Waals surface area contributed by atoms with E-state index in [0.717, 1.165) is 49.6 Å². The highest BCUT2D eigenvalue weighted by atomic mass is 16.5. The first-order chi connectivity index (χ1) is 12.2. The van der Waals surface area contributed by atoms with Crippen LogP contribution in [0.15, 0.2) is 54.6 Å². The summed E-state index contributed by atoms with van der Waals surface area (Å²) in [5.41, 5.74) is 1.94. The fourth-order valence-electron chi connectivity index (χ4n) is 3.57. The van der Waals surface area contributed by atoms with Crippen molar-refractivity contribution in [3.8, 4) is 5.75 Å². The number of methoxy groups -OCH3 is 1. The fourth-order valence-corrected chi connectivity index (χ4v) is 3.57. The number of hydrogen-bond donors (Lipinski definition) is 0. The van der Waals surface area contributed by atoms with Crippen LogP contribution in [0.4, 0.5) is 5.69 Å². The summed E-state index contributed by atoms with van der Waals surface area (Å²) in [7, 11) is 1.71. The third-order valence-electron chi connectivity index (χ3n) is 4.93. The molecule has 4 nitrogen and oxygen atoms in total. The van der Waals surface area contributed by atoms with E-state index >= 15 is 0 Å². The average Bonchev–Trinajstić information content (AvgIpc) is 2.69. The number of ether oxygens (including phenoxy) is 1. The van der Waals surface area contributed by atoms with Gasteiger partial charge in [0.2, 0.25) is 0 Å². The zero-order valence-corrected chi connectivity index (χ0v) is 15.0. The monoisotopic (exact) mass is 338 g/mol. The molecule has 0 saturated carbocycles. The Morgan fingerprint density at radius 2 is 1.64 bits per heavy atom. The van der Waals surface area contributed by atoms with E-state index in [2.05, 4.69) is 22.8 Å². The minimum absolute atomic E-state index is 0.0396. The highest BCUT2D eigenvalue weighted by molar-refractivity contribution is 6.00. The number of para-hydroxylation sites is 2. The third-order valence-corrected chi connectivity index (χ3v) is 4.93. The van der Waals surface area contributed by atoms with Crippen molar-refractivity contribution >= 4 is 11.5 Å². The molecule has 0 amide bonds. The van der Waals surface area contributed by atoms with Crippen molar-refractivity contribution in [1.82, 2.24) is 4.90 Å². The molecule has 4 heteroatoms. The lowest BCUT2D eigenvalue weighted by Crippen LogP contribution is -2.52. The highest BCUT2D eigenvalue weighted by Gasteiger charge is 2.29. The molecule has 0 N–H and O–H groups in total. The summed E-state index contributed by atoms with van der Waals surface area (Å²) in [5, 5.41) is 0. The number of piperazine rings is 1. The summed E-state index contributed by atoms with van der Waals surface area (Å²) in [5.74, 6) is 1.14. The van der Waals surface area contributed by atoms with Crippen LogP contribution in [0, 0.1) is 0 Å². The van der Waals surface area contributed by atoms with E-state index in [9.17, 15) is 4.79 Å². The average molecular weight is 338 g/mol. The summed E-state index contributed by atoms with van der Waals surface area (Å²) in [6.45, 7) is 5.67. The Labute approximate surface area is 150 Å². The van der Waals surface area contributed by atoms with Gasteiger partial charge in [-0.2, -0.15) is 0 Å². The van der Waals surface area contributed by atoms with Gasteiger partial charge in [0.25, 0.3) is 0 Å². The minimum atomic E-state index is -0.0396. The van der Waals surface area contributed by atoms with E-state index in [-0.39, 0.29) is 11.8 Å². The van der Waals surface area contributed by atoms with Crippen LogP contribution in [-0.4, -0.2) is 50.0 Å². The molecule has 0 spiro atoms. The van der Waals surface area contributed by atoms with Gasteiger partial charge in [-0.3, -0.25) is 9.69 Å². The molecule has 2 aromatic rings. The van der Waals surface area contributed by atoms with Crippen LogP contribution in [0.3, 0.4) is 0 Å². The fraction of sp³-hybridized carbons (Fsp3) is 0.381.